The van der Waals surface area contributed by atoms with Crippen molar-refractivity contribution in [1.29, 1.82) is 0 Å². The van der Waals surface area contributed by atoms with Gasteiger partial charge in [-0.05, 0) is 12.8 Å². The van der Waals surface area contributed by atoms with Gasteiger partial charge in [0, 0.05) is 25.0 Å². The van der Waals surface area contributed by atoms with Crippen molar-refractivity contribution in [3.8, 4) is 0 Å². The van der Waals surface area contributed by atoms with Crippen LogP contribution >= 0.6 is 0 Å². The van der Waals surface area contributed by atoms with Crippen molar-refractivity contribution in [2.24, 2.45) is 11.1 Å². The Morgan fingerprint density at radius 1 is 1.46 bits per heavy atom. The monoisotopic (exact) mass is 188 g/mol. The first kappa shape index (κ1) is 10.3. The molecule has 0 aromatic carbocycles. The number of aliphatic hydroxyl groups is 1. The van der Waals surface area contributed by atoms with Crippen molar-refractivity contribution >= 4 is 6.09 Å². The first-order chi connectivity index (χ1) is 6.13. The number of hydrogen-bond donors (Lipinski definition) is 3. The zero-order chi connectivity index (χ0) is 9.90. The molecular weight excluding hydrogens is 172 g/mol. The molecule has 1 rings (SSSR count). The highest BCUT2D eigenvalue weighted by molar-refractivity contribution is 5.65. The van der Waals surface area contributed by atoms with Gasteiger partial charge in [-0.25, -0.2) is 4.79 Å². The standard InChI is InChI=1S/C8H16N2O3/c9-5-8(6-11)1-3-10(4-2-8)7(12)13/h11H,1-6,9H2,(H,12,13). The van der Waals surface area contributed by atoms with Gasteiger partial charge in [-0.3, -0.25) is 0 Å². The minimum atomic E-state index is -0.886. The highest BCUT2D eigenvalue weighted by Gasteiger charge is 2.34. The zero-order valence-electron chi connectivity index (χ0n) is 7.57. The zero-order valence-corrected chi connectivity index (χ0v) is 7.57. The van der Waals surface area contributed by atoms with Gasteiger partial charge < -0.3 is 20.8 Å². The van der Waals surface area contributed by atoms with Gasteiger partial charge in [0.15, 0.2) is 0 Å². The van der Waals surface area contributed by atoms with Crippen LogP contribution in [0.25, 0.3) is 0 Å². The van der Waals surface area contributed by atoms with E-state index < -0.39 is 6.09 Å². The van der Waals surface area contributed by atoms with Gasteiger partial charge in [0.25, 0.3) is 0 Å². The molecule has 5 nitrogen and oxygen atoms in total. The lowest BCUT2D eigenvalue weighted by Crippen LogP contribution is -2.47. The molecular formula is C8H16N2O3. The smallest absolute Gasteiger partial charge is 0.407 e. The fraction of sp³-hybridized carbons (Fsp3) is 0.875. The highest BCUT2D eigenvalue weighted by atomic mass is 16.4. The number of amides is 1. The fourth-order valence-corrected chi connectivity index (χ4v) is 1.60. The Bertz CT molecular complexity index is 182. The first-order valence-electron chi connectivity index (χ1n) is 4.42. The van der Waals surface area contributed by atoms with Crippen molar-refractivity contribution in [2.75, 3.05) is 26.2 Å². The van der Waals surface area contributed by atoms with E-state index in [9.17, 15) is 4.79 Å². The van der Waals surface area contributed by atoms with Crippen molar-refractivity contribution < 1.29 is 15.0 Å². The molecule has 4 N–H and O–H groups in total. The molecule has 0 radical (unpaired) electrons. The van der Waals surface area contributed by atoms with E-state index in [0.717, 1.165) is 0 Å². The predicted octanol–water partition coefficient (Wildman–Crippen LogP) is -0.302. The third-order valence-corrected chi connectivity index (χ3v) is 2.86. The van der Waals surface area contributed by atoms with Crippen LogP contribution in [0.5, 0.6) is 0 Å². The van der Waals surface area contributed by atoms with Gasteiger partial charge in [-0.15, -0.1) is 0 Å². The number of carbonyl (C=O) groups is 1. The summed E-state index contributed by atoms with van der Waals surface area (Å²) in [6.45, 7) is 1.44. The third kappa shape index (κ3) is 2.10. The van der Waals surface area contributed by atoms with E-state index in [1.165, 1.54) is 4.90 Å². The summed E-state index contributed by atoms with van der Waals surface area (Å²) in [7, 11) is 0. The molecule has 1 amide bonds. The second-order valence-corrected chi connectivity index (χ2v) is 3.63. The molecule has 1 aliphatic heterocycles. The molecule has 0 aromatic heterocycles. The maximum atomic E-state index is 10.6. The van der Waals surface area contributed by atoms with E-state index in [-0.39, 0.29) is 12.0 Å². The van der Waals surface area contributed by atoms with E-state index in [2.05, 4.69) is 0 Å². The minimum Gasteiger partial charge on any atom is -0.465 e. The van der Waals surface area contributed by atoms with E-state index in [1.54, 1.807) is 0 Å². The number of carboxylic acid groups (broad SMARTS) is 1. The normalized spacial score (nSPS) is 21.5. The summed E-state index contributed by atoms with van der Waals surface area (Å²) in [4.78, 5) is 11.9. The van der Waals surface area contributed by atoms with Crippen LogP contribution in [0.4, 0.5) is 4.79 Å². The lowest BCUT2D eigenvalue weighted by molar-refractivity contribution is 0.0504. The number of likely N-dealkylation sites (tertiary alicyclic amines) is 1. The van der Waals surface area contributed by atoms with Gasteiger partial charge >= 0.3 is 6.09 Å². The number of rotatable bonds is 2. The van der Waals surface area contributed by atoms with Crippen LogP contribution in [0.3, 0.4) is 0 Å². The van der Waals surface area contributed by atoms with Crippen molar-refractivity contribution in [3.63, 3.8) is 0 Å². The molecule has 1 aliphatic rings. The Morgan fingerprint density at radius 3 is 2.31 bits per heavy atom. The Morgan fingerprint density at radius 2 is 2.00 bits per heavy atom. The Labute approximate surface area is 77.1 Å². The van der Waals surface area contributed by atoms with E-state index in [1.807, 2.05) is 0 Å². The van der Waals surface area contributed by atoms with Gasteiger partial charge in [0.05, 0.1) is 6.61 Å². The maximum Gasteiger partial charge on any atom is 0.407 e. The fourth-order valence-electron chi connectivity index (χ4n) is 1.60. The molecule has 1 saturated heterocycles. The maximum absolute atomic E-state index is 10.6. The van der Waals surface area contributed by atoms with Crippen LogP contribution < -0.4 is 5.73 Å². The first-order valence-corrected chi connectivity index (χ1v) is 4.42. The van der Waals surface area contributed by atoms with Crippen molar-refractivity contribution in [2.45, 2.75) is 12.8 Å². The number of aliphatic hydroxyl groups excluding tert-OH is 1. The van der Waals surface area contributed by atoms with Gasteiger partial charge in [-0.2, -0.15) is 0 Å². The summed E-state index contributed by atoms with van der Waals surface area (Å²) >= 11 is 0. The molecule has 0 atom stereocenters. The number of piperidine rings is 1. The molecule has 13 heavy (non-hydrogen) atoms. The third-order valence-electron chi connectivity index (χ3n) is 2.86. The molecule has 1 heterocycles. The van der Waals surface area contributed by atoms with Crippen molar-refractivity contribution in [1.82, 2.24) is 4.90 Å². The average Bonchev–Trinajstić information content (AvgIpc) is 2.18. The number of nitrogens with zero attached hydrogens (tertiary/aromatic N) is 1. The van der Waals surface area contributed by atoms with Crippen LogP contribution in [0.2, 0.25) is 0 Å². The Hall–Kier alpha value is -0.810. The van der Waals surface area contributed by atoms with Gasteiger partial charge in [0.1, 0.15) is 0 Å². The predicted molar refractivity (Wildman–Crippen MR) is 47.4 cm³/mol. The molecule has 0 unspecified atom stereocenters. The number of hydrogen-bond acceptors (Lipinski definition) is 3. The second kappa shape index (κ2) is 3.93. The molecule has 0 bridgehead atoms. The van der Waals surface area contributed by atoms with E-state index in [0.29, 0.717) is 32.5 Å². The van der Waals surface area contributed by atoms with Crippen LogP contribution in [-0.2, 0) is 0 Å². The Kier molecular flexibility index (Phi) is 3.11. The summed E-state index contributed by atoms with van der Waals surface area (Å²) in [6.07, 6.45) is 0.432. The van der Waals surface area contributed by atoms with Crippen LogP contribution in [0, 0.1) is 5.41 Å². The summed E-state index contributed by atoms with van der Waals surface area (Å²) < 4.78 is 0. The topological polar surface area (TPSA) is 86.8 Å². The molecule has 0 saturated carbocycles. The van der Waals surface area contributed by atoms with E-state index >= 15 is 0 Å². The molecule has 1 fully saturated rings. The molecule has 5 heteroatoms. The highest BCUT2D eigenvalue weighted by Crippen LogP contribution is 2.29. The summed E-state index contributed by atoms with van der Waals surface area (Å²) in [5.74, 6) is 0. The molecule has 0 aromatic rings. The SMILES string of the molecule is NCC1(CO)CCN(C(=O)O)CC1. The lowest BCUT2D eigenvalue weighted by Gasteiger charge is -2.38. The van der Waals surface area contributed by atoms with Gasteiger partial charge in [-0.1, -0.05) is 0 Å². The van der Waals surface area contributed by atoms with E-state index in [4.69, 9.17) is 15.9 Å². The number of nitrogens with two attached hydrogens (primary N) is 1. The molecule has 0 aliphatic carbocycles. The largest absolute Gasteiger partial charge is 0.465 e. The van der Waals surface area contributed by atoms with Crippen LogP contribution in [-0.4, -0.2) is 47.4 Å². The van der Waals surface area contributed by atoms with Crippen LogP contribution in [0.15, 0.2) is 0 Å². The van der Waals surface area contributed by atoms with Crippen molar-refractivity contribution in [3.05, 3.63) is 0 Å². The minimum absolute atomic E-state index is 0.0525. The Balaban J connectivity index is 2.50. The quantitative estimate of drug-likeness (QED) is 0.555. The molecule has 76 valence electrons. The average molecular weight is 188 g/mol. The summed E-state index contributed by atoms with van der Waals surface area (Å²) in [5, 5.41) is 17.8. The summed E-state index contributed by atoms with van der Waals surface area (Å²) in [6, 6.07) is 0. The lowest BCUT2D eigenvalue weighted by atomic mass is 9.79. The second-order valence-electron chi connectivity index (χ2n) is 3.63. The van der Waals surface area contributed by atoms with Gasteiger partial charge in [0.2, 0.25) is 0 Å². The molecule has 0 spiro atoms. The summed E-state index contributed by atoms with van der Waals surface area (Å²) in [5.41, 5.74) is 5.30. The van der Waals surface area contributed by atoms with Crippen LogP contribution in [0.1, 0.15) is 12.8 Å².